The fraction of sp³-hybridized carbons (Fsp3) is 0.278. The molecule has 2 aromatic rings. The van der Waals surface area contributed by atoms with Gasteiger partial charge in [-0.1, -0.05) is 46.3 Å². The van der Waals surface area contributed by atoms with Gasteiger partial charge in [0.25, 0.3) is 5.91 Å². The maximum atomic E-state index is 12.2. The molecule has 0 aliphatic carbocycles. The zero-order valence-corrected chi connectivity index (χ0v) is 14.3. The zero-order chi connectivity index (χ0) is 16.2. The summed E-state index contributed by atoms with van der Waals surface area (Å²) in [5.41, 5.74) is 8.03. The summed E-state index contributed by atoms with van der Waals surface area (Å²) >= 11 is 3.34. The van der Waals surface area contributed by atoms with E-state index in [4.69, 9.17) is 10.5 Å². The Morgan fingerprint density at radius 2 is 2.00 bits per heavy atom. The minimum absolute atomic E-state index is 0.0424. The molecule has 0 unspecified atom stereocenters. The number of carbonyl (C=O) groups excluding carboxylic acids is 1. The third-order valence-electron chi connectivity index (χ3n) is 4.03. The van der Waals surface area contributed by atoms with Crippen molar-refractivity contribution >= 4 is 27.5 Å². The molecule has 0 radical (unpaired) electrons. The van der Waals surface area contributed by atoms with E-state index in [2.05, 4.69) is 33.4 Å². The Balaban J connectivity index is 1.54. The van der Waals surface area contributed by atoms with Crippen LogP contribution in [0.25, 0.3) is 0 Å². The summed E-state index contributed by atoms with van der Waals surface area (Å²) in [4.78, 5) is 12.2. The minimum Gasteiger partial charge on any atom is -0.398 e. The number of ether oxygens (including phenoxy) is 1. The molecule has 4 nitrogen and oxygen atoms in total. The minimum atomic E-state index is -0.165. The highest BCUT2D eigenvalue weighted by atomic mass is 79.9. The van der Waals surface area contributed by atoms with Crippen LogP contribution in [0.1, 0.15) is 34.9 Å². The van der Waals surface area contributed by atoms with Gasteiger partial charge in [-0.25, -0.2) is 0 Å². The van der Waals surface area contributed by atoms with Crippen LogP contribution in [-0.2, 0) is 4.74 Å². The van der Waals surface area contributed by atoms with Gasteiger partial charge in [-0.05, 0) is 36.6 Å². The number of halogens is 1. The fourth-order valence-electron chi connectivity index (χ4n) is 2.81. The van der Waals surface area contributed by atoms with Gasteiger partial charge in [0.15, 0.2) is 0 Å². The lowest BCUT2D eigenvalue weighted by molar-refractivity contribution is 0.0436. The van der Waals surface area contributed by atoms with Crippen LogP contribution in [0.3, 0.4) is 0 Å². The molecule has 0 spiro atoms. The van der Waals surface area contributed by atoms with Crippen molar-refractivity contribution < 1.29 is 9.53 Å². The Labute approximate surface area is 144 Å². The molecule has 1 saturated heterocycles. The summed E-state index contributed by atoms with van der Waals surface area (Å²) in [6, 6.07) is 15.4. The third kappa shape index (κ3) is 3.92. The molecule has 23 heavy (non-hydrogen) atoms. The van der Waals surface area contributed by atoms with Gasteiger partial charge in [0.2, 0.25) is 0 Å². The molecule has 1 aliphatic heterocycles. The molecular formula is C18H19BrN2O2. The van der Waals surface area contributed by atoms with E-state index >= 15 is 0 Å². The van der Waals surface area contributed by atoms with Gasteiger partial charge < -0.3 is 15.8 Å². The van der Waals surface area contributed by atoms with Crippen molar-refractivity contribution in [3.63, 3.8) is 0 Å². The number of nitrogens with one attached hydrogen (secondary N) is 1. The first kappa shape index (κ1) is 16.0. The number of carbonyl (C=O) groups is 1. The molecule has 120 valence electrons. The Bertz CT molecular complexity index is 691. The van der Waals surface area contributed by atoms with Crippen molar-refractivity contribution in [3.8, 4) is 0 Å². The maximum Gasteiger partial charge on any atom is 0.253 e. The summed E-state index contributed by atoms with van der Waals surface area (Å²) in [6.07, 6.45) is 2.08. The number of nitrogens with two attached hydrogens (primary N) is 1. The predicted molar refractivity (Wildman–Crippen MR) is 94.2 cm³/mol. The van der Waals surface area contributed by atoms with Crippen molar-refractivity contribution in [2.24, 2.45) is 0 Å². The topological polar surface area (TPSA) is 64.4 Å². The zero-order valence-electron chi connectivity index (χ0n) is 12.7. The number of benzene rings is 2. The molecule has 1 fully saturated rings. The van der Waals surface area contributed by atoms with E-state index in [9.17, 15) is 4.79 Å². The van der Waals surface area contributed by atoms with E-state index in [0.717, 1.165) is 17.3 Å². The van der Waals surface area contributed by atoms with Crippen LogP contribution in [0.2, 0.25) is 0 Å². The highest BCUT2D eigenvalue weighted by molar-refractivity contribution is 9.10. The largest absolute Gasteiger partial charge is 0.398 e. The van der Waals surface area contributed by atoms with Crippen molar-refractivity contribution in [1.29, 1.82) is 0 Å². The van der Waals surface area contributed by atoms with E-state index < -0.39 is 0 Å². The molecule has 5 heteroatoms. The quantitative estimate of drug-likeness (QED) is 0.802. The lowest BCUT2D eigenvalue weighted by Crippen LogP contribution is -2.32. The van der Waals surface area contributed by atoms with Crippen LogP contribution < -0.4 is 11.1 Å². The van der Waals surface area contributed by atoms with Gasteiger partial charge in [-0.3, -0.25) is 4.79 Å². The van der Waals surface area contributed by atoms with E-state index in [1.54, 1.807) is 12.1 Å². The second-order valence-electron chi connectivity index (χ2n) is 5.68. The summed E-state index contributed by atoms with van der Waals surface area (Å²) < 4.78 is 6.89. The number of nitrogen functional groups attached to an aromatic ring is 1. The first-order valence-corrected chi connectivity index (χ1v) is 8.46. The monoisotopic (exact) mass is 374 g/mol. The molecular weight excluding hydrogens is 356 g/mol. The molecule has 3 rings (SSSR count). The molecule has 0 bridgehead atoms. The smallest absolute Gasteiger partial charge is 0.253 e. The van der Waals surface area contributed by atoms with Crippen LogP contribution in [0.15, 0.2) is 53.0 Å². The lowest BCUT2D eigenvalue weighted by Gasteiger charge is -2.15. The highest BCUT2D eigenvalue weighted by Crippen LogP contribution is 2.32. The summed E-state index contributed by atoms with van der Waals surface area (Å²) in [5.74, 6) is -0.165. The summed E-state index contributed by atoms with van der Waals surface area (Å²) in [6.45, 7) is 0.498. The predicted octanol–water partition coefficient (Wildman–Crippen LogP) is 3.68. The number of anilines is 1. The van der Waals surface area contributed by atoms with Gasteiger partial charge in [-0.2, -0.15) is 0 Å². The van der Waals surface area contributed by atoms with Crippen molar-refractivity contribution in [1.82, 2.24) is 5.32 Å². The number of rotatable bonds is 4. The van der Waals surface area contributed by atoms with E-state index in [1.807, 2.05) is 24.3 Å². The molecule has 1 aliphatic rings. The molecule has 0 saturated carbocycles. The van der Waals surface area contributed by atoms with E-state index in [0.29, 0.717) is 17.8 Å². The highest BCUT2D eigenvalue weighted by Gasteiger charge is 2.26. The van der Waals surface area contributed by atoms with E-state index in [-0.39, 0.29) is 18.1 Å². The lowest BCUT2D eigenvalue weighted by atomic mass is 10.1. The molecule has 2 aromatic carbocycles. The first-order chi connectivity index (χ1) is 11.1. The molecule has 1 amide bonds. The fourth-order valence-corrected chi connectivity index (χ4v) is 3.19. The van der Waals surface area contributed by atoms with E-state index in [1.165, 1.54) is 5.56 Å². The normalized spacial score (nSPS) is 20.4. The van der Waals surface area contributed by atoms with Crippen LogP contribution in [0, 0.1) is 0 Å². The average molecular weight is 375 g/mol. The third-order valence-corrected chi connectivity index (χ3v) is 4.52. The Hall–Kier alpha value is -1.85. The Kier molecular flexibility index (Phi) is 4.98. The van der Waals surface area contributed by atoms with Gasteiger partial charge in [0, 0.05) is 16.7 Å². The van der Waals surface area contributed by atoms with Crippen molar-refractivity contribution in [2.45, 2.75) is 25.0 Å². The second-order valence-corrected chi connectivity index (χ2v) is 6.59. The van der Waals surface area contributed by atoms with Crippen LogP contribution in [0.5, 0.6) is 0 Å². The van der Waals surface area contributed by atoms with Gasteiger partial charge in [0.05, 0.1) is 17.8 Å². The molecule has 1 heterocycles. The Morgan fingerprint density at radius 3 is 2.74 bits per heavy atom. The number of hydrogen-bond acceptors (Lipinski definition) is 3. The average Bonchev–Trinajstić information content (AvgIpc) is 3.02. The molecule has 0 aromatic heterocycles. The SMILES string of the molecule is Nc1cc(Br)ccc1C(=O)NC[C@@H]1CC[C@@H](c2ccccc2)O1. The standard InChI is InChI=1S/C18H19BrN2O2/c19-13-6-8-15(16(20)10-13)18(22)21-11-14-7-9-17(23-14)12-4-2-1-3-5-12/h1-6,8,10,14,17H,7,9,11,20H2,(H,21,22)/t14-,17-/m0/s1. The Morgan fingerprint density at radius 1 is 1.22 bits per heavy atom. The van der Waals surface area contributed by atoms with Crippen LogP contribution >= 0.6 is 15.9 Å². The first-order valence-electron chi connectivity index (χ1n) is 7.67. The van der Waals surface area contributed by atoms with Crippen LogP contribution in [0.4, 0.5) is 5.69 Å². The van der Waals surface area contributed by atoms with Gasteiger partial charge in [-0.15, -0.1) is 0 Å². The second kappa shape index (κ2) is 7.15. The number of hydrogen-bond donors (Lipinski definition) is 2. The molecule has 2 atom stereocenters. The maximum absolute atomic E-state index is 12.2. The summed E-state index contributed by atoms with van der Waals surface area (Å²) in [5, 5.41) is 2.91. The van der Waals surface area contributed by atoms with Crippen molar-refractivity contribution in [3.05, 3.63) is 64.1 Å². The number of amides is 1. The van der Waals surface area contributed by atoms with Gasteiger partial charge in [0.1, 0.15) is 0 Å². The van der Waals surface area contributed by atoms with Crippen LogP contribution in [-0.4, -0.2) is 18.6 Å². The summed E-state index contributed by atoms with van der Waals surface area (Å²) in [7, 11) is 0. The van der Waals surface area contributed by atoms with Crippen molar-refractivity contribution in [2.75, 3.05) is 12.3 Å². The van der Waals surface area contributed by atoms with Gasteiger partial charge >= 0.3 is 0 Å². The molecule has 3 N–H and O–H groups in total.